The van der Waals surface area contributed by atoms with Gasteiger partial charge in [0, 0.05) is 19.6 Å². The highest BCUT2D eigenvalue weighted by molar-refractivity contribution is 5.15. The molecule has 21 heteroatoms. The molecule has 0 saturated heterocycles. The van der Waals surface area contributed by atoms with Crippen LogP contribution < -0.4 is 0 Å². The first-order valence-corrected chi connectivity index (χ1v) is 8.50. The zero-order chi connectivity index (χ0) is 28.7. The summed E-state index contributed by atoms with van der Waals surface area (Å²) >= 11 is 0. The molecule has 0 aliphatic carbocycles. The summed E-state index contributed by atoms with van der Waals surface area (Å²) in [5, 5.41) is 26.4. The molecule has 0 aliphatic rings. The van der Waals surface area contributed by atoms with E-state index in [0.29, 0.717) is 0 Å². The van der Waals surface area contributed by atoms with Crippen LogP contribution in [0.25, 0.3) is 0 Å². The van der Waals surface area contributed by atoms with E-state index >= 15 is 0 Å². The highest BCUT2D eigenvalue weighted by atomic mass is 19.4. The first kappa shape index (κ1) is 33.7. The van der Waals surface area contributed by atoms with Crippen molar-refractivity contribution in [2.75, 3.05) is 32.8 Å². The van der Waals surface area contributed by atoms with E-state index in [0.717, 1.165) is 0 Å². The van der Waals surface area contributed by atoms with Crippen molar-refractivity contribution in [2.45, 2.75) is 53.7 Å². The molecule has 0 aromatic carbocycles. The van der Waals surface area contributed by atoms with Crippen LogP contribution in [-0.4, -0.2) is 107 Å². The Balaban J connectivity index is 6.58. The predicted molar refractivity (Wildman–Crippen MR) is 77.3 cm³/mol. The van der Waals surface area contributed by atoms with Gasteiger partial charge in [-0.25, -0.2) is 0 Å². The number of aliphatic hydroxyl groups is 3. The van der Waals surface area contributed by atoms with Gasteiger partial charge in [-0.1, -0.05) is 0 Å². The number of alkyl halides is 17. The normalized spacial score (nSPS) is 16.7. The largest absolute Gasteiger partial charge is 0.460 e. The van der Waals surface area contributed by atoms with E-state index in [-0.39, 0.29) is 4.90 Å². The summed E-state index contributed by atoms with van der Waals surface area (Å²) in [6, 6.07) is 0. The fourth-order valence-corrected chi connectivity index (χ4v) is 2.32. The number of hydrogen-bond donors (Lipinski definition) is 3. The Kier molecular flexibility index (Phi) is 9.46. The van der Waals surface area contributed by atoms with Crippen LogP contribution in [0.15, 0.2) is 0 Å². The third-order valence-corrected chi connectivity index (χ3v) is 4.43. The summed E-state index contributed by atoms with van der Waals surface area (Å²) in [4.78, 5) is 0.220. The molecule has 35 heavy (non-hydrogen) atoms. The Morgan fingerprint density at radius 1 is 0.486 bits per heavy atom. The number of rotatable bonds is 13. The molecule has 0 bridgehead atoms. The molecular weight excluding hydrogens is 553 g/mol. The fourth-order valence-electron chi connectivity index (χ4n) is 2.32. The Labute approximate surface area is 182 Å². The molecule has 1 atom stereocenters. The van der Waals surface area contributed by atoms with Crippen molar-refractivity contribution in [1.82, 2.24) is 4.90 Å². The molecule has 0 heterocycles. The van der Waals surface area contributed by atoms with Crippen LogP contribution in [0.5, 0.6) is 0 Å². The van der Waals surface area contributed by atoms with Gasteiger partial charge < -0.3 is 15.3 Å². The SMILES string of the molecule is OCCN(CCO)CC(O)C(F)(F)C(F)(F)C(F)(F)C(F)(F)C(F)(F)C(F)(F)C(F)(F)C(F)(F)F. The molecule has 0 saturated carbocycles. The Hall–Kier alpha value is -1.35. The van der Waals surface area contributed by atoms with E-state index in [1.807, 2.05) is 0 Å². The minimum atomic E-state index is -8.74. The van der Waals surface area contributed by atoms with E-state index in [1.165, 1.54) is 0 Å². The molecule has 3 N–H and O–H groups in total. The van der Waals surface area contributed by atoms with Gasteiger partial charge in [-0.3, -0.25) is 4.90 Å². The first-order chi connectivity index (χ1) is 15.2. The zero-order valence-electron chi connectivity index (χ0n) is 16.3. The van der Waals surface area contributed by atoms with Crippen molar-refractivity contribution in [3.8, 4) is 0 Å². The van der Waals surface area contributed by atoms with Crippen molar-refractivity contribution in [1.29, 1.82) is 0 Å². The number of halogens is 17. The van der Waals surface area contributed by atoms with Crippen molar-refractivity contribution in [3.05, 3.63) is 0 Å². The Morgan fingerprint density at radius 3 is 1.06 bits per heavy atom. The maximum absolute atomic E-state index is 13.8. The summed E-state index contributed by atoms with van der Waals surface area (Å²) in [5.41, 5.74) is 0. The molecular formula is C14H14F17NO3. The van der Waals surface area contributed by atoms with Gasteiger partial charge in [-0.15, -0.1) is 0 Å². The maximum Gasteiger partial charge on any atom is 0.460 e. The van der Waals surface area contributed by atoms with Gasteiger partial charge in [0.15, 0.2) is 0 Å². The van der Waals surface area contributed by atoms with Gasteiger partial charge in [0.1, 0.15) is 6.10 Å². The molecule has 0 rings (SSSR count). The highest BCUT2D eigenvalue weighted by Crippen LogP contribution is 2.64. The zero-order valence-corrected chi connectivity index (χ0v) is 16.3. The van der Waals surface area contributed by atoms with Crippen molar-refractivity contribution in [2.24, 2.45) is 0 Å². The lowest BCUT2D eigenvalue weighted by Crippen LogP contribution is -2.75. The molecule has 0 aromatic rings. The van der Waals surface area contributed by atoms with Gasteiger partial charge in [0.25, 0.3) is 0 Å². The van der Waals surface area contributed by atoms with E-state index in [4.69, 9.17) is 15.3 Å². The van der Waals surface area contributed by atoms with E-state index < -0.39 is 86.6 Å². The minimum Gasteiger partial charge on any atom is -0.395 e. The number of nitrogens with zero attached hydrogens (tertiary/aromatic N) is 1. The second kappa shape index (κ2) is 9.84. The van der Waals surface area contributed by atoms with Crippen LogP contribution in [0.2, 0.25) is 0 Å². The number of aliphatic hydroxyl groups excluding tert-OH is 3. The van der Waals surface area contributed by atoms with Crippen LogP contribution in [0.1, 0.15) is 0 Å². The average molecular weight is 567 g/mol. The standard InChI is InChI=1S/C14H14F17NO3/c15-7(16,6(35)5-32(1-3-33)2-4-34)8(17,18)9(19,20)10(21,22)11(23,24)12(25,26)13(27,28)14(29,30)31/h6,33-35H,1-5H2. The summed E-state index contributed by atoms with van der Waals surface area (Å²) in [7, 11) is 0. The van der Waals surface area contributed by atoms with Gasteiger partial charge in [0.05, 0.1) is 13.2 Å². The Morgan fingerprint density at radius 2 is 0.771 bits per heavy atom. The fraction of sp³-hybridized carbons (Fsp3) is 1.00. The average Bonchev–Trinajstić information content (AvgIpc) is 2.66. The highest BCUT2D eigenvalue weighted by Gasteiger charge is 2.95. The third-order valence-electron chi connectivity index (χ3n) is 4.43. The lowest BCUT2D eigenvalue weighted by atomic mass is 9.87. The van der Waals surface area contributed by atoms with Crippen LogP contribution in [-0.2, 0) is 0 Å². The lowest BCUT2D eigenvalue weighted by molar-refractivity contribution is -0.464. The van der Waals surface area contributed by atoms with Gasteiger partial charge in [0.2, 0.25) is 0 Å². The Bertz CT molecular complexity index is 703. The molecule has 0 spiro atoms. The molecule has 0 radical (unpaired) electrons. The second-order valence-electron chi connectivity index (χ2n) is 6.83. The molecule has 0 fully saturated rings. The summed E-state index contributed by atoms with van der Waals surface area (Å²) < 4.78 is 224. The monoisotopic (exact) mass is 567 g/mol. The van der Waals surface area contributed by atoms with E-state index in [1.54, 1.807) is 0 Å². The van der Waals surface area contributed by atoms with Crippen molar-refractivity contribution < 1.29 is 90.0 Å². The van der Waals surface area contributed by atoms with Crippen LogP contribution in [0.3, 0.4) is 0 Å². The first-order valence-electron chi connectivity index (χ1n) is 8.50. The molecule has 212 valence electrons. The van der Waals surface area contributed by atoms with Gasteiger partial charge in [-0.2, -0.15) is 74.6 Å². The maximum atomic E-state index is 13.8. The van der Waals surface area contributed by atoms with Crippen LogP contribution >= 0.6 is 0 Å². The van der Waals surface area contributed by atoms with Gasteiger partial charge in [-0.05, 0) is 0 Å². The van der Waals surface area contributed by atoms with Crippen LogP contribution in [0.4, 0.5) is 74.6 Å². The molecule has 0 amide bonds. The summed E-state index contributed by atoms with van der Waals surface area (Å²) in [6.45, 7) is -5.79. The van der Waals surface area contributed by atoms with E-state index in [9.17, 15) is 74.6 Å². The third kappa shape index (κ3) is 5.09. The van der Waals surface area contributed by atoms with E-state index in [2.05, 4.69) is 0 Å². The number of hydrogen-bond acceptors (Lipinski definition) is 4. The lowest BCUT2D eigenvalue weighted by Gasteiger charge is -2.43. The molecule has 1 unspecified atom stereocenters. The molecule has 0 aliphatic heterocycles. The van der Waals surface area contributed by atoms with Gasteiger partial charge >= 0.3 is 47.6 Å². The smallest absolute Gasteiger partial charge is 0.395 e. The van der Waals surface area contributed by atoms with Crippen LogP contribution in [0, 0.1) is 0 Å². The summed E-state index contributed by atoms with van der Waals surface area (Å²) in [5.74, 6) is -57.8. The quantitative estimate of drug-likeness (QED) is 0.298. The van der Waals surface area contributed by atoms with Crippen molar-refractivity contribution in [3.63, 3.8) is 0 Å². The topological polar surface area (TPSA) is 63.9 Å². The molecule has 0 aromatic heterocycles. The molecule has 4 nitrogen and oxygen atoms in total. The summed E-state index contributed by atoms with van der Waals surface area (Å²) in [6.07, 6.45) is -12.1. The minimum absolute atomic E-state index is 0.220. The second-order valence-corrected chi connectivity index (χ2v) is 6.83. The van der Waals surface area contributed by atoms with Crippen molar-refractivity contribution >= 4 is 0 Å². The predicted octanol–water partition coefficient (Wildman–Crippen LogP) is 3.64.